The van der Waals surface area contributed by atoms with Crippen molar-refractivity contribution in [3.8, 4) is 0 Å². The van der Waals surface area contributed by atoms with Crippen LogP contribution >= 0.6 is 0 Å². The van der Waals surface area contributed by atoms with Gasteiger partial charge in [-0.2, -0.15) is 0 Å². The highest BCUT2D eigenvalue weighted by atomic mass is 19.1. The largest absolute Gasteiger partial charge is 0.463 e. The molecule has 0 spiro atoms. The number of aliphatic hydroxyl groups excluding tert-OH is 1. The highest BCUT2D eigenvalue weighted by molar-refractivity contribution is 5.93. The maximum atomic E-state index is 13.3. The van der Waals surface area contributed by atoms with Crippen LogP contribution < -0.4 is 0 Å². The van der Waals surface area contributed by atoms with Gasteiger partial charge in [-0.1, -0.05) is 18.2 Å². The van der Waals surface area contributed by atoms with Crippen LogP contribution in [-0.2, 0) is 9.53 Å². The predicted octanol–water partition coefficient (Wildman–Crippen LogP) is 1.76. The zero-order chi connectivity index (χ0) is 12.0. The fraction of sp³-hybridized carbons (Fsp3) is 0.250. The van der Waals surface area contributed by atoms with Gasteiger partial charge in [0.15, 0.2) is 0 Å². The van der Waals surface area contributed by atoms with Crippen LogP contribution in [0.15, 0.2) is 29.8 Å². The van der Waals surface area contributed by atoms with E-state index in [0.29, 0.717) is 0 Å². The SMILES string of the molecule is CCOC(=O)/C(=C/c1ccccc1F)CO. The minimum absolute atomic E-state index is 0.0342. The van der Waals surface area contributed by atoms with Crippen LogP contribution in [0.4, 0.5) is 4.39 Å². The van der Waals surface area contributed by atoms with Gasteiger partial charge in [0.1, 0.15) is 5.82 Å². The number of carbonyl (C=O) groups is 1. The average molecular weight is 224 g/mol. The first-order valence-corrected chi connectivity index (χ1v) is 4.92. The Morgan fingerprint density at radius 3 is 2.75 bits per heavy atom. The van der Waals surface area contributed by atoms with Crippen LogP contribution in [0, 0.1) is 5.82 Å². The van der Waals surface area contributed by atoms with Crippen molar-refractivity contribution >= 4 is 12.0 Å². The van der Waals surface area contributed by atoms with Crippen LogP contribution in [0.5, 0.6) is 0 Å². The third-order valence-electron chi connectivity index (χ3n) is 1.94. The van der Waals surface area contributed by atoms with E-state index in [9.17, 15) is 9.18 Å². The van der Waals surface area contributed by atoms with Gasteiger partial charge in [-0.25, -0.2) is 9.18 Å². The topological polar surface area (TPSA) is 46.5 Å². The zero-order valence-corrected chi connectivity index (χ0v) is 8.94. The van der Waals surface area contributed by atoms with Gasteiger partial charge in [-0.15, -0.1) is 0 Å². The van der Waals surface area contributed by atoms with Crippen molar-refractivity contribution in [2.75, 3.05) is 13.2 Å². The summed E-state index contributed by atoms with van der Waals surface area (Å²) in [5.41, 5.74) is 0.284. The van der Waals surface area contributed by atoms with Gasteiger partial charge < -0.3 is 9.84 Å². The second kappa shape index (κ2) is 6.02. The van der Waals surface area contributed by atoms with Gasteiger partial charge in [-0.3, -0.25) is 0 Å². The summed E-state index contributed by atoms with van der Waals surface area (Å²) in [6.45, 7) is 1.40. The number of carbonyl (C=O) groups excluding carboxylic acids is 1. The summed E-state index contributed by atoms with van der Waals surface area (Å²) in [4.78, 5) is 11.3. The molecule has 1 N–H and O–H groups in total. The molecule has 0 aliphatic carbocycles. The molecule has 0 saturated heterocycles. The van der Waals surface area contributed by atoms with E-state index in [-0.39, 0.29) is 17.7 Å². The van der Waals surface area contributed by atoms with Gasteiger partial charge in [0.2, 0.25) is 0 Å². The van der Waals surface area contributed by atoms with Crippen molar-refractivity contribution in [2.45, 2.75) is 6.92 Å². The maximum absolute atomic E-state index is 13.3. The summed E-state index contributed by atoms with van der Waals surface area (Å²) in [7, 11) is 0. The molecule has 16 heavy (non-hydrogen) atoms. The summed E-state index contributed by atoms with van der Waals surface area (Å²) in [6, 6.07) is 6.00. The summed E-state index contributed by atoms with van der Waals surface area (Å²) >= 11 is 0. The second-order valence-electron chi connectivity index (χ2n) is 3.07. The molecule has 0 saturated carbocycles. The number of hydrogen-bond donors (Lipinski definition) is 1. The molecule has 86 valence electrons. The molecule has 0 radical (unpaired) electrons. The molecule has 1 aromatic carbocycles. The van der Waals surface area contributed by atoms with Crippen LogP contribution in [0.25, 0.3) is 6.08 Å². The third-order valence-corrected chi connectivity index (χ3v) is 1.94. The van der Waals surface area contributed by atoms with Crippen molar-refractivity contribution in [2.24, 2.45) is 0 Å². The molecule has 3 nitrogen and oxygen atoms in total. The molecular formula is C12H13FO3. The third kappa shape index (κ3) is 3.17. The van der Waals surface area contributed by atoms with Crippen LogP contribution in [0.3, 0.4) is 0 Å². The van der Waals surface area contributed by atoms with Gasteiger partial charge in [0.05, 0.1) is 18.8 Å². The molecule has 0 heterocycles. The number of hydrogen-bond acceptors (Lipinski definition) is 3. The average Bonchev–Trinajstić information content (AvgIpc) is 2.28. The van der Waals surface area contributed by atoms with Crippen molar-refractivity contribution in [1.29, 1.82) is 0 Å². The van der Waals surface area contributed by atoms with E-state index in [1.165, 1.54) is 18.2 Å². The molecule has 1 aromatic rings. The van der Waals surface area contributed by atoms with E-state index in [0.717, 1.165) is 0 Å². The Hall–Kier alpha value is -1.68. The monoisotopic (exact) mass is 224 g/mol. The summed E-state index contributed by atoms with van der Waals surface area (Å²) in [6.07, 6.45) is 1.29. The van der Waals surface area contributed by atoms with Crippen molar-refractivity contribution < 1.29 is 19.0 Å². The Morgan fingerprint density at radius 1 is 1.50 bits per heavy atom. The first kappa shape index (κ1) is 12.4. The Kier molecular flexibility index (Phi) is 4.66. The fourth-order valence-electron chi connectivity index (χ4n) is 1.17. The van der Waals surface area contributed by atoms with Crippen LogP contribution in [-0.4, -0.2) is 24.3 Å². The highest BCUT2D eigenvalue weighted by Gasteiger charge is 2.10. The highest BCUT2D eigenvalue weighted by Crippen LogP contribution is 2.12. The molecule has 0 aliphatic heterocycles. The molecule has 1 rings (SSSR count). The quantitative estimate of drug-likeness (QED) is 0.626. The minimum atomic E-state index is -0.631. The molecule has 0 amide bonds. The summed E-state index contributed by atoms with van der Waals surface area (Å²) < 4.78 is 18.0. The second-order valence-corrected chi connectivity index (χ2v) is 3.07. The molecule has 0 fully saturated rings. The van der Waals surface area contributed by atoms with Crippen LogP contribution in [0.1, 0.15) is 12.5 Å². The number of esters is 1. The van der Waals surface area contributed by atoms with E-state index in [2.05, 4.69) is 0 Å². The maximum Gasteiger partial charge on any atom is 0.336 e. The molecule has 4 heteroatoms. The Morgan fingerprint density at radius 2 is 2.19 bits per heavy atom. The van der Waals surface area contributed by atoms with Gasteiger partial charge >= 0.3 is 5.97 Å². The molecule has 0 aliphatic rings. The fourth-order valence-corrected chi connectivity index (χ4v) is 1.17. The van der Waals surface area contributed by atoms with Gasteiger partial charge in [0, 0.05) is 5.56 Å². The zero-order valence-electron chi connectivity index (χ0n) is 8.94. The van der Waals surface area contributed by atoms with E-state index in [1.807, 2.05) is 0 Å². The van der Waals surface area contributed by atoms with E-state index in [1.54, 1.807) is 19.1 Å². The van der Waals surface area contributed by atoms with E-state index < -0.39 is 18.4 Å². The van der Waals surface area contributed by atoms with E-state index in [4.69, 9.17) is 9.84 Å². The number of ether oxygens (including phenoxy) is 1. The number of aliphatic hydroxyl groups is 1. The van der Waals surface area contributed by atoms with Crippen molar-refractivity contribution in [3.63, 3.8) is 0 Å². The molecule has 0 aromatic heterocycles. The summed E-state index contributed by atoms with van der Waals surface area (Å²) in [5, 5.41) is 8.98. The van der Waals surface area contributed by atoms with Crippen LogP contribution in [0.2, 0.25) is 0 Å². The Labute approximate surface area is 93.2 Å². The first-order valence-electron chi connectivity index (χ1n) is 4.92. The van der Waals surface area contributed by atoms with Gasteiger partial charge in [0.25, 0.3) is 0 Å². The predicted molar refractivity (Wildman–Crippen MR) is 58.1 cm³/mol. The Balaban J connectivity index is 2.96. The van der Waals surface area contributed by atoms with E-state index >= 15 is 0 Å². The standard InChI is InChI=1S/C12H13FO3/c1-2-16-12(15)10(8-14)7-9-5-3-4-6-11(9)13/h3-7,14H,2,8H2,1H3/b10-7+. The first-order chi connectivity index (χ1) is 7.69. The van der Waals surface area contributed by atoms with Crippen molar-refractivity contribution in [1.82, 2.24) is 0 Å². The normalized spacial score (nSPS) is 11.3. The lowest BCUT2D eigenvalue weighted by Gasteiger charge is -2.04. The number of benzene rings is 1. The minimum Gasteiger partial charge on any atom is -0.463 e. The molecule has 0 unspecified atom stereocenters. The summed E-state index contributed by atoms with van der Waals surface area (Å²) in [5.74, 6) is -1.08. The lowest BCUT2D eigenvalue weighted by Crippen LogP contribution is -2.10. The molecule has 0 atom stereocenters. The molecule has 0 bridgehead atoms. The lowest BCUT2D eigenvalue weighted by molar-refractivity contribution is -0.138. The van der Waals surface area contributed by atoms with Crippen molar-refractivity contribution in [3.05, 3.63) is 41.2 Å². The lowest BCUT2D eigenvalue weighted by atomic mass is 10.1. The Bertz CT molecular complexity index is 399. The number of halogens is 1. The molecular weight excluding hydrogens is 211 g/mol. The van der Waals surface area contributed by atoms with Gasteiger partial charge in [-0.05, 0) is 19.1 Å². The number of rotatable bonds is 4. The smallest absolute Gasteiger partial charge is 0.336 e.